The van der Waals surface area contributed by atoms with Crippen LogP contribution in [0.1, 0.15) is 12.5 Å². The molecule has 1 unspecified atom stereocenters. The second kappa shape index (κ2) is 6.14. The van der Waals surface area contributed by atoms with Gasteiger partial charge < -0.3 is 10.1 Å². The highest BCUT2D eigenvalue weighted by molar-refractivity contribution is 5.80. The van der Waals surface area contributed by atoms with E-state index in [-0.39, 0.29) is 12.5 Å². The van der Waals surface area contributed by atoms with Gasteiger partial charge in [-0.2, -0.15) is 10.5 Å². The first kappa shape index (κ1) is 12.5. The van der Waals surface area contributed by atoms with Crippen molar-refractivity contribution in [2.75, 3.05) is 6.54 Å². The molecule has 1 aromatic rings. The molecule has 5 nitrogen and oxygen atoms in total. The standard InChI is InChI=1S/C12H11N3O2/c1-9(12(16)15-7-6-13)17-11-5-3-2-4-10(11)8-14/h2-5,9H,7H2,1H3,(H,15,16). The minimum Gasteiger partial charge on any atom is -0.480 e. The molecule has 0 aliphatic heterocycles. The minimum absolute atomic E-state index is 0.0631. The number of hydrogen-bond donors (Lipinski definition) is 1. The molecule has 0 aromatic heterocycles. The summed E-state index contributed by atoms with van der Waals surface area (Å²) in [7, 11) is 0. The zero-order valence-corrected chi connectivity index (χ0v) is 9.30. The Hall–Kier alpha value is -2.53. The van der Waals surface area contributed by atoms with Gasteiger partial charge in [-0.05, 0) is 19.1 Å². The molecule has 0 saturated heterocycles. The van der Waals surface area contributed by atoms with Crippen molar-refractivity contribution in [3.8, 4) is 17.9 Å². The topological polar surface area (TPSA) is 85.9 Å². The number of nitrogens with zero attached hydrogens (tertiary/aromatic N) is 2. The van der Waals surface area contributed by atoms with Crippen molar-refractivity contribution >= 4 is 5.91 Å². The average Bonchev–Trinajstić information content (AvgIpc) is 2.36. The lowest BCUT2D eigenvalue weighted by atomic mass is 10.2. The van der Waals surface area contributed by atoms with Gasteiger partial charge >= 0.3 is 0 Å². The molecule has 0 radical (unpaired) electrons. The van der Waals surface area contributed by atoms with E-state index in [0.29, 0.717) is 11.3 Å². The highest BCUT2D eigenvalue weighted by Gasteiger charge is 2.15. The van der Waals surface area contributed by atoms with Crippen molar-refractivity contribution in [3.63, 3.8) is 0 Å². The van der Waals surface area contributed by atoms with E-state index in [4.69, 9.17) is 15.3 Å². The molecule has 0 aliphatic rings. The number of amides is 1. The molecule has 1 aromatic carbocycles. The number of carbonyl (C=O) groups is 1. The monoisotopic (exact) mass is 229 g/mol. The summed E-state index contributed by atoms with van der Waals surface area (Å²) in [5.74, 6) is -0.0334. The molecule has 5 heteroatoms. The molecule has 0 saturated carbocycles. The molecule has 86 valence electrons. The third-order valence-electron chi connectivity index (χ3n) is 2.02. The van der Waals surface area contributed by atoms with Crippen LogP contribution in [0.2, 0.25) is 0 Å². The number of hydrogen-bond acceptors (Lipinski definition) is 4. The fourth-order valence-corrected chi connectivity index (χ4v) is 1.18. The molecule has 0 heterocycles. The summed E-state index contributed by atoms with van der Waals surface area (Å²) in [4.78, 5) is 11.4. The van der Waals surface area contributed by atoms with Crippen molar-refractivity contribution < 1.29 is 9.53 Å². The Bertz CT molecular complexity index is 485. The maximum atomic E-state index is 11.4. The molecule has 0 spiro atoms. The summed E-state index contributed by atoms with van der Waals surface area (Å²) in [6.07, 6.45) is -0.752. The van der Waals surface area contributed by atoms with Gasteiger partial charge in [-0.3, -0.25) is 4.79 Å². The number of nitrogens with one attached hydrogen (secondary N) is 1. The van der Waals surface area contributed by atoms with Crippen molar-refractivity contribution in [1.82, 2.24) is 5.32 Å². The molecule has 17 heavy (non-hydrogen) atoms. The van der Waals surface area contributed by atoms with E-state index >= 15 is 0 Å². The number of rotatable bonds is 4. The van der Waals surface area contributed by atoms with Crippen LogP contribution in [0.3, 0.4) is 0 Å². The van der Waals surface area contributed by atoms with E-state index in [0.717, 1.165) is 0 Å². The molecule has 0 aliphatic carbocycles. The highest BCUT2D eigenvalue weighted by Crippen LogP contribution is 2.17. The number of nitriles is 2. The summed E-state index contributed by atoms with van der Waals surface area (Å²) >= 11 is 0. The van der Waals surface area contributed by atoms with E-state index in [9.17, 15) is 4.79 Å². The SMILES string of the molecule is CC(Oc1ccccc1C#N)C(=O)NCC#N. The molecule has 1 atom stereocenters. The van der Waals surface area contributed by atoms with Gasteiger partial charge in [0.15, 0.2) is 6.10 Å². The van der Waals surface area contributed by atoms with Gasteiger partial charge in [0.1, 0.15) is 18.4 Å². The third-order valence-corrected chi connectivity index (χ3v) is 2.02. The van der Waals surface area contributed by atoms with Crippen molar-refractivity contribution in [1.29, 1.82) is 10.5 Å². The highest BCUT2D eigenvalue weighted by atomic mass is 16.5. The smallest absolute Gasteiger partial charge is 0.261 e. The Morgan fingerprint density at radius 3 is 2.82 bits per heavy atom. The third kappa shape index (κ3) is 3.51. The molecule has 0 fully saturated rings. The summed E-state index contributed by atoms with van der Waals surface area (Å²) in [6, 6.07) is 10.4. The number of carbonyl (C=O) groups excluding carboxylic acids is 1. The van der Waals surface area contributed by atoms with Crippen LogP contribution in [0.15, 0.2) is 24.3 Å². The lowest BCUT2D eigenvalue weighted by molar-refractivity contribution is -0.127. The Labute approximate surface area is 99.2 Å². The largest absolute Gasteiger partial charge is 0.480 e. The van der Waals surface area contributed by atoms with E-state index in [1.165, 1.54) is 0 Å². The second-order valence-corrected chi connectivity index (χ2v) is 3.24. The van der Waals surface area contributed by atoms with Crippen LogP contribution in [0, 0.1) is 22.7 Å². The Morgan fingerprint density at radius 2 is 2.18 bits per heavy atom. The van der Waals surface area contributed by atoms with Crippen molar-refractivity contribution in [2.24, 2.45) is 0 Å². The zero-order valence-electron chi connectivity index (χ0n) is 9.30. The Morgan fingerprint density at radius 1 is 1.47 bits per heavy atom. The number of benzene rings is 1. The molecular formula is C12H11N3O2. The van der Waals surface area contributed by atoms with Crippen molar-refractivity contribution in [3.05, 3.63) is 29.8 Å². The minimum atomic E-state index is -0.752. The van der Waals surface area contributed by atoms with Gasteiger partial charge in [-0.25, -0.2) is 0 Å². The van der Waals surface area contributed by atoms with E-state index in [1.54, 1.807) is 37.3 Å². The van der Waals surface area contributed by atoms with Crippen LogP contribution < -0.4 is 10.1 Å². The molecule has 0 bridgehead atoms. The number of para-hydroxylation sites is 1. The Balaban J connectivity index is 2.69. The van der Waals surface area contributed by atoms with E-state index in [2.05, 4.69) is 5.32 Å². The average molecular weight is 229 g/mol. The van der Waals surface area contributed by atoms with Gasteiger partial charge in [0.05, 0.1) is 11.6 Å². The van der Waals surface area contributed by atoms with Gasteiger partial charge in [-0.1, -0.05) is 12.1 Å². The second-order valence-electron chi connectivity index (χ2n) is 3.24. The summed E-state index contributed by atoms with van der Waals surface area (Å²) in [6.45, 7) is 1.49. The normalized spacial score (nSPS) is 10.8. The summed E-state index contributed by atoms with van der Waals surface area (Å²) < 4.78 is 5.35. The van der Waals surface area contributed by atoms with Crippen LogP contribution in [0.5, 0.6) is 5.75 Å². The quantitative estimate of drug-likeness (QED) is 0.779. The van der Waals surface area contributed by atoms with Crippen LogP contribution in [-0.4, -0.2) is 18.6 Å². The van der Waals surface area contributed by atoms with Gasteiger partial charge in [0, 0.05) is 0 Å². The predicted molar refractivity (Wildman–Crippen MR) is 59.9 cm³/mol. The predicted octanol–water partition coefficient (Wildman–Crippen LogP) is 0.965. The maximum absolute atomic E-state index is 11.4. The first-order valence-electron chi connectivity index (χ1n) is 4.99. The lowest BCUT2D eigenvalue weighted by Gasteiger charge is -2.14. The van der Waals surface area contributed by atoms with Crippen molar-refractivity contribution in [2.45, 2.75) is 13.0 Å². The maximum Gasteiger partial charge on any atom is 0.261 e. The van der Waals surface area contributed by atoms with Gasteiger partial charge in [0.25, 0.3) is 5.91 Å². The van der Waals surface area contributed by atoms with Gasteiger partial charge in [-0.15, -0.1) is 0 Å². The van der Waals surface area contributed by atoms with E-state index < -0.39 is 6.10 Å². The van der Waals surface area contributed by atoms with Crippen LogP contribution in [0.4, 0.5) is 0 Å². The number of ether oxygens (including phenoxy) is 1. The molecular weight excluding hydrogens is 218 g/mol. The Kier molecular flexibility index (Phi) is 4.53. The van der Waals surface area contributed by atoms with Crippen LogP contribution in [-0.2, 0) is 4.79 Å². The molecule has 1 N–H and O–H groups in total. The fraction of sp³-hybridized carbons (Fsp3) is 0.250. The lowest BCUT2D eigenvalue weighted by Crippen LogP contribution is -2.36. The van der Waals surface area contributed by atoms with Crippen LogP contribution in [0.25, 0.3) is 0 Å². The summed E-state index contributed by atoms with van der Waals surface area (Å²) in [5, 5.41) is 19.5. The fourth-order valence-electron chi connectivity index (χ4n) is 1.18. The molecule has 1 rings (SSSR count). The summed E-state index contributed by atoms with van der Waals surface area (Å²) in [5.41, 5.74) is 0.368. The first-order chi connectivity index (χ1) is 8.19. The van der Waals surface area contributed by atoms with Gasteiger partial charge in [0.2, 0.25) is 0 Å². The van der Waals surface area contributed by atoms with E-state index in [1.807, 2.05) is 6.07 Å². The molecule has 1 amide bonds. The zero-order chi connectivity index (χ0) is 12.7. The van der Waals surface area contributed by atoms with Crippen LogP contribution >= 0.6 is 0 Å². The first-order valence-corrected chi connectivity index (χ1v) is 4.99.